The van der Waals surface area contributed by atoms with E-state index in [-0.39, 0.29) is 18.7 Å². The van der Waals surface area contributed by atoms with Crippen molar-refractivity contribution in [3.63, 3.8) is 0 Å². The zero-order chi connectivity index (χ0) is 14.5. The van der Waals surface area contributed by atoms with E-state index in [1.54, 1.807) is 6.20 Å². The molecule has 20 heavy (non-hydrogen) atoms. The Morgan fingerprint density at radius 2 is 2.25 bits per heavy atom. The molecular formula is C13H15BrN4O2. The van der Waals surface area contributed by atoms with Crippen molar-refractivity contribution in [2.24, 2.45) is 0 Å². The minimum absolute atomic E-state index is 0.126. The molecule has 0 atom stereocenters. The van der Waals surface area contributed by atoms with Gasteiger partial charge in [-0.25, -0.2) is 4.68 Å². The number of nitrogens with zero attached hydrogens (tertiary/aromatic N) is 3. The summed E-state index contributed by atoms with van der Waals surface area (Å²) in [7, 11) is 0. The monoisotopic (exact) mass is 338 g/mol. The zero-order valence-electron chi connectivity index (χ0n) is 11.0. The molecule has 0 radical (unpaired) electrons. The van der Waals surface area contributed by atoms with Crippen molar-refractivity contribution in [3.05, 3.63) is 50.6 Å². The van der Waals surface area contributed by atoms with Crippen molar-refractivity contribution in [1.29, 1.82) is 0 Å². The Morgan fingerprint density at radius 1 is 1.45 bits per heavy atom. The summed E-state index contributed by atoms with van der Waals surface area (Å²) in [5.74, 6) is 0. The molecule has 0 unspecified atom stereocenters. The Hall–Kier alpha value is -1.73. The fraction of sp³-hybridized carbons (Fsp3) is 0.308. The highest BCUT2D eigenvalue weighted by atomic mass is 79.9. The third-order valence-corrected chi connectivity index (χ3v) is 3.47. The Labute approximate surface area is 124 Å². The molecule has 0 saturated carbocycles. The minimum Gasteiger partial charge on any atom is -0.394 e. The number of halogens is 1. The first-order valence-corrected chi connectivity index (χ1v) is 6.94. The molecule has 0 aliphatic rings. The maximum absolute atomic E-state index is 11.9. The summed E-state index contributed by atoms with van der Waals surface area (Å²) in [5, 5.41) is 16.0. The van der Waals surface area contributed by atoms with Crippen LogP contribution in [0.4, 0.5) is 5.69 Å². The highest BCUT2D eigenvalue weighted by molar-refractivity contribution is 9.10. The van der Waals surface area contributed by atoms with Gasteiger partial charge in [-0.2, -0.15) is 5.10 Å². The van der Waals surface area contributed by atoms with E-state index in [2.05, 4.69) is 31.3 Å². The largest absolute Gasteiger partial charge is 0.394 e. The maximum atomic E-state index is 11.9. The minimum atomic E-state index is -0.277. The lowest BCUT2D eigenvalue weighted by atomic mass is 10.3. The molecule has 0 spiro atoms. The number of pyridine rings is 1. The fourth-order valence-corrected chi connectivity index (χ4v) is 2.17. The predicted octanol–water partition coefficient (Wildman–Crippen LogP) is 1.31. The van der Waals surface area contributed by atoms with E-state index in [1.165, 1.54) is 4.68 Å². The van der Waals surface area contributed by atoms with Crippen LogP contribution in [0, 0.1) is 6.92 Å². The highest BCUT2D eigenvalue weighted by Gasteiger charge is 2.08. The number of hydrogen-bond acceptors (Lipinski definition) is 5. The fourth-order valence-electron chi connectivity index (χ4n) is 1.73. The average Bonchev–Trinajstić information content (AvgIpc) is 2.43. The van der Waals surface area contributed by atoms with Gasteiger partial charge in [-0.1, -0.05) is 6.07 Å². The van der Waals surface area contributed by atoms with Crippen molar-refractivity contribution in [1.82, 2.24) is 14.8 Å². The van der Waals surface area contributed by atoms with Gasteiger partial charge in [0.15, 0.2) is 0 Å². The number of aliphatic hydroxyl groups is 1. The normalized spacial score (nSPS) is 10.6. The second-order valence-corrected chi connectivity index (χ2v) is 5.04. The van der Waals surface area contributed by atoms with Crippen LogP contribution in [-0.4, -0.2) is 26.5 Å². The molecule has 0 aromatic carbocycles. The summed E-state index contributed by atoms with van der Waals surface area (Å²) in [6.07, 6.45) is 1.55. The first-order chi connectivity index (χ1) is 9.61. The van der Waals surface area contributed by atoms with Gasteiger partial charge < -0.3 is 10.4 Å². The second kappa shape index (κ2) is 6.62. The second-order valence-electron chi connectivity index (χ2n) is 4.25. The highest BCUT2D eigenvalue weighted by Crippen LogP contribution is 2.16. The molecular weight excluding hydrogens is 324 g/mol. The number of aryl methyl sites for hydroxylation is 1. The summed E-state index contributed by atoms with van der Waals surface area (Å²) in [5.41, 5.74) is 2.16. The Kier molecular flexibility index (Phi) is 4.86. The van der Waals surface area contributed by atoms with E-state index in [1.807, 2.05) is 25.1 Å². The van der Waals surface area contributed by atoms with Crippen LogP contribution in [0.5, 0.6) is 0 Å². The SMILES string of the molecule is Cc1cccc(CNc2cnn(CCO)c(=O)c2Br)n1. The summed E-state index contributed by atoms with van der Waals surface area (Å²) < 4.78 is 1.61. The van der Waals surface area contributed by atoms with Crippen LogP contribution in [0.2, 0.25) is 0 Å². The van der Waals surface area contributed by atoms with Crippen LogP contribution in [-0.2, 0) is 13.1 Å². The van der Waals surface area contributed by atoms with E-state index in [9.17, 15) is 4.79 Å². The van der Waals surface area contributed by atoms with Crippen molar-refractivity contribution < 1.29 is 5.11 Å². The van der Waals surface area contributed by atoms with E-state index >= 15 is 0 Å². The van der Waals surface area contributed by atoms with Crippen LogP contribution in [0.15, 0.2) is 33.7 Å². The van der Waals surface area contributed by atoms with Crippen molar-refractivity contribution >= 4 is 21.6 Å². The molecule has 0 fully saturated rings. The van der Waals surface area contributed by atoms with Gasteiger partial charge >= 0.3 is 0 Å². The molecule has 6 nitrogen and oxygen atoms in total. The summed E-state index contributed by atoms with van der Waals surface area (Å²) in [6.45, 7) is 2.49. The quantitative estimate of drug-likeness (QED) is 0.859. The standard InChI is InChI=1S/C13H15BrN4O2/c1-9-3-2-4-10(17-9)7-15-11-8-16-18(5-6-19)13(20)12(11)14/h2-4,8,15,19H,5-7H2,1H3. The first kappa shape index (κ1) is 14.7. The zero-order valence-corrected chi connectivity index (χ0v) is 12.6. The van der Waals surface area contributed by atoms with E-state index < -0.39 is 0 Å². The number of nitrogens with one attached hydrogen (secondary N) is 1. The Bertz CT molecular complexity index is 657. The molecule has 2 aromatic rings. The number of hydrogen-bond donors (Lipinski definition) is 2. The molecule has 2 heterocycles. The Morgan fingerprint density at radius 3 is 2.95 bits per heavy atom. The lowest BCUT2D eigenvalue weighted by molar-refractivity contribution is 0.266. The van der Waals surface area contributed by atoms with Gasteiger partial charge in [-0.15, -0.1) is 0 Å². The molecule has 2 aromatic heterocycles. The van der Waals surface area contributed by atoms with Crippen LogP contribution in [0.25, 0.3) is 0 Å². The van der Waals surface area contributed by atoms with Crippen LogP contribution in [0.3, 0.4) is 0 Å². The van der Waals surface area contributed by atoms with Crippen molar-refractivity contribution in [3.8, 4) is 0 Å². The predicted molar refractivity (Wildman–Crippen MR) is 79.6 cm³/mol. The van der Waals surface area contributed by atoms with Gasteiger partial charge in [0, 0.05) is 5.69 Å². The molecule has 7 heteroatoms. The molecule has 0 aliphatic heterocycles. The number of rotatable bonds is 5. The molecule has 0 amide bonds. The van der Waals surface area contributed by atoms with E-state index in [0.29, 0.717) is 16.7 Å². The first-order valence-electron chi connectivity index (χ1n) is 6.14. The van der Waals surface area contributed by atoms with Crippen LogP contribution >= 0.6 is 15.9 Å². The van der Waals surface area contributed by atoms with Crippen molar-refractivity contribution in [2.75, 3.05) is 11.9 Å². The summed E-state index contributed by atoms with van der Waals surface area (Å²) in [6, 6.07) is 5.78. The molecule has 0 bridgehead atoms. The summed E-state index contributed by atoms with van der Waals surface area (Å²) >= 11 is 3.25. The smallest absolute Gasteiger partial charge is 0.283 e. The number of aliphatic hydroxyl groups excluding tert-OH is 1. The van der Waals surface area contributed by atoms with Crippen molar-refractivity contribution in [2.45, 2.75) is 20.0 Å². The summed E-state index contributed by atoms with van der Waals surface area (Å²) in [4.78, 5) is 16.3. The van der Waals surface area contributed by atoms with Gasteiger partial charge in [0.05, 0.1) is 37.3 Å². The number of anilines is 1. The van der Waals surface area contributed by atoms with Crippen LogP contribution in [0.1, 0.15) is 11.4 Å². The Balaban J connectivity index is 2.14. The van der Waals surface area contributed by atoms with Gasteiger partial charge in [0.2, 0.25) is 0 Å². The molecule has 0 saturated heterocycles. The van der Waals surface area contributed by atoms with Gasteiger partial charge in [0.25, 0.3) is 5.56 Å². The molecule has 106 valence electrons. The third kappa shape index (κ3) is 3.43. The van der Waals surface area contributed by atoms with Gasteiger partial charge in [-0.05, 0) is 35.0 Å². The third-order valence-electron chi connectivity index (χ3n) is 2.70. The molecule has 2 N–H and O–H groups in total. The molecule has 0 aliphatic carbocycles. The maximum Gasteiger partial charge on any atom is 0.283 e. The lowest BCUT2D eigenvalue weighted by Gasteiger charge is -2.09. The topological polar surface area (TPSA) is 80.0 Å². The lowest BCUT2D eigenvalue weighted by Crippen LogP contribution is -2.25. The van der Waals surface area contributed by atoms with Crippen LogP contribution < -0.4 is 10.9 Å². The number of aromatic nitrogens is 3. The average molecular weight is 339 g/mol. The molecule has 2 rings (SSSR count). The van der Waals surface area contributed by atoms with Gasteiger partial charge in [-0.3, -0.25) is 9.78 Å². The van der Waals surface area contributed by atoms with E-state index in [0.717, 1.165) is 11.4 Å². The van der Waals surface area contributed by atoms with E-state index in [4.69, 9.17) is 5.11 Å². The van der Waals surface area contributed by atoms with Gasteiger partial charge in [0.1, 0.15) is 4.47 Å².